The van der Waals surface area contributed by atoms with Gasteiger partial charge in [-0.25, -0.2) is 4.79 Å². The Morgan fingerprint density at radius 3 is 2.92 bits per heavy atom. The van der Waals surface area contributed by atoms with Crippen LogP contribution in [0.4, 0.5) is 5.69 Å². The molecule has 0 aliphatic carbocycles. The van der Waals surface area contributed by atoms with Crippen molar-refractivity contribution in [1.82, 2.24) is 4.90 Å². The Morgan fingerprint density at radius 2 is 2.17 bits per heavy atom. The minimum absolute atomic E-state index is 0.0974. The topological polar surface area (TPSA) is 72.6 Å². The SMILES string of the molecule is Cc1cccc(C(=O)OCC(=O)N2CCCC2c2cccs2)c1N. The number of hydrogen-bond acceptors (Lipinski definition) is 5. The Morgan fingerprint density at radius 1 is 1.33 bits per heavy atom. The molecule has 1 unspecified atom stereocenters. The largest absolute Gasteiger partial charge is 0.452 e. The van der Waals surface area contributed by atoms with Crippen molar-refractivity contribution in [2.24, 2.45) is 0 Å². The van der Waals surface area contributed by atoms with Gasteiger partial charge in [0.2, 0.25) is 0 Å². The summed E-state index contributed by atoms with van der Waals surface area (Å²) in [5.41, 5.74) is 7.42. The predicted molar refractivity (Wildman–Crippen MR) is 93.9 cm³/mol. The number of esters is 1. The van der Waals surface area contributed by atoms with E-state index in [4.69, 9.17) is 10.5 Å². The number of amides is 1. The van der Waals surface area contributed by atoms with E-state index in [1.54, 1.807) is 28.4 Å². The number of nitrogens with zero attached hydrogens (tertiary/aromatic N) is 1. The van der Waals surface area contributed by atoms with E-state index in [1.807, 2.05) is 30.5 Å². The molecule has 2 aromatic rings. The highest BCUT2D eigenvalue weighted by Crippen LogP contribution is 2.34. The summed E-state index contributed by atoms with van der Waals surface area (Å²) in [6, 6.07) is 9.31. The number of nitrogen functional groups attached to an aromatic ring is 1. The summed E-state index contributed by atoms with van der Waals surface area (Å²) < 4.78 is 5.20. The van der Waals surface area contributed by atoms with Gasteiger partial charge in [-0.15, -0.1) is 11.3 Å². The maximum atomic E-state index is 12.5. The number of hydrogen-bond donors (Lipinski definition) is 1. The number of rotatable bonds is 4. The Balaban J connectivity index is 1.63. The summed E-state index contributed by atoms with van der Waals surface area (Å²) in [7, 11) is 0. The molecule has 0 spiro atoms. The van der Waals surface area contributed by atoms with Crippen molar-refractivity contribution in [2.75, 3.05) is 18.9 Å². The number of thiophene rings is 1. The Kier molecular flexibility index (Phi) is 4.85. The summed E-state index contributed by atoms with van der Waals surface area (Å²) >= 11 is 1.65. The first kappa shape index (κ1) is 16.5. The number of ether oxygens (including phenoxy) is 1. The van der Waals surface area contributed by atoms with Crippen LogP contribution >= 0.6 is 11.3 Å². The first-order valence-corrected chi connectivity index (χ1v) is 8.81. The van der Waals surface area contributed by atoms with Gasteiger partial charge in [0.25, 0.3) is 5.91 Å². The minimum atomic E-state index is -0.559. The molecule has 0 bridgehead atoms. The fourth-order valence-electron chi connectivity index (χ4n) is 2.99. The number of nitrogens with two attached hydrogens (primary N) is 1. The molecule has 1 atom stereocenters. The average molecular weight is 344 g/mol. The quantitative estimate of drug-likeness (QED) is 0.683. The Bertz CT molecular complexity index is 743. The van der Waals surface area contributed by atoms with Gasteiger partial charge in [-0.2, -0.15) is 0 Å². The van der Waals surface area contributed by atoms with Gasteiger partial charge in [-0.3, -0.25) is 4.79 Å². The fourth-order valence-corrected chi connectivity index (χ4v) is 3.86. The maximum Gasteiger partial charge on any atom is 0.340 e. The molecule has 1 aromatic heterocycles. The number of carbonyl (C=O) groups is 2. The van der Waals surface area contributed by atoms with Gasteiger partial charge in [0, 0.05) is 17.1 Å². The van der Waals surface area contributed by atoms with Gasteiger partial charge in [0.15, 0.2) is 6.61 Å². The van der Waals surface area contributed by atoms with Crippen LogP contribution in [0.5, 0.6) is 0 Å². The van der Waals surface area contributed by atoms with Crippen molar-refractivity contribution in [3.05, 3.63) is 51.7 Å². The molecule has 126 valence electrons. The normalized spacial score (nSPS) is 17.0. The third-order valence-corrected chi connectivity index (χ3v) is 5.29. The van der Waals surface area contributed by atoms with Crippen LogP contribution in [-0.4, -0.2) is 29.9 Å². The lowest BCUT2D eigenvalue weighted by Gasteiger charge is -2.23. The van der Waals surface area contributed by atoms with Crippen molar-refractivity contribution in [3.63, 3.8) is 0 Å². The first-order valence-electron chi connectivity index (χ1n) is 7.93. The van der Waals surface area contributed by atoms with E-state index in [9.17, 15) is 9.59 Å². The number of carbonyl (C=O) groups excluding carboxylic acids is 2. The van der Waals surface area contributed by atoms with Crippen LogP contribution in [0.2, 0.25) is 0 Å². The highest BCUT2D eigenvalue weighted by atomic mass is 32.1. The molecule has 3 rings (SSSR count). The lowest BCUT2D eigenvalue weighted by Crippen LogP contribution is -2.34. The first-order chi connectivity index (χ1) is 11.6. The zero-order valence-corrected chi connectivity index (χ0v) is 14.3. The molecule has 1 aromatic carbocycles. The number of benzene rings is 1. The molecular formula is C18H20N2O3S. The molecule has 5 nitrogen and oxygen atoms in total. The highest BCUT2D eigenvalue weighted by molar-refractivity contribution is 7.10. The number of likely N-dealkylation sites (tertiary alicyclic amines) is 1. The van der Waals surface area contributed by atoms with E-state index in [-0.39, 0.29) is 18.6 Å². The van der Waals surface area contributed by atoms with Gasteiger partial charge in [0.1, 0.15) is 0 Å². The van der Waals surface area contributed by atoms with E-state index in [0.29, 0.717) is 17.8 Å². The van der Waals surface area contributed by atoms with Gasteiger partial charge >= 0.3 is 5.97 Å². The molecule has 1 fully saturated rings. The van der Waals surface area contributed by atoms with E-state index in [2.05, 4.69) is 0 Å². The molecule has 6 heteroatoms. The summed E-state index contributed by atoms with van der Waals surface area (Å²) in [6.45, 7) is 2.27. The van der Waals surface area contributed by atoms with Crippen LogP contribution in [0.25, 0.3) is 0 Å². The van der Waals surface area contributed by atoms with E-state index < -0.39 is 5.97 Å². The molecule has 2 heterocycles. The lowest BCUT2D eigenvalue weighted by molar-refractivity contribution is -0.135. The second kappa shape index (κ2) is 7.05. The monoisotopic (exact) mass is 344 g/mol. The van der Waals surface area contributed by atoms with Crippen molar-refractivity contribution >= 4 is 28.9 Å². The van der Waals surface area contributed by atoms with E-state index >= 15 is 0 Å². The van der Waals surface area contributed by atoms with E-state index in [0.717, 1.165) is 18.4 Å². The predicted octanol–water partition coefficient (Wildman–Crippen LogP) is 3.16. The molecule has 1 aliphatic heterocycles. The molecular weight excluding hydrogens is 324 g/mol. The summed E-state index contributed by atoms with van der Waals surface area (Å²) in [4.78, 5) is 27.6. The van der Waals surface area contributed by atoms with Gasteiger partial charge in [0.05, 0.1) is 11.6 Å². The molecule has 1 amide bonds. The van der Waals surface area contributed by atoms with Crippen molar-refractivity contribution in [3.8, 4) is 0 Å². The van der Waals surface area contributed by atoms with Gasteiger partial charge in [-0.05, 0) is 42.8 Å². The zero-order chi connectivity index (χ0) is 17.1. The average Bonchev–Trinajstić information content (AvgIpc) is 3.25. The Hall–Kier alpha value is -2.34. The minimum Gasteiger partial charge on any atom is -0.452 e. The molecule has 1 saturated heterocycles. The summed E-state index contributed by atoms with van der Waals surface area (Å²) in [6.07, 6.45) is 1.91. The second-order valence-corrected chi connectivity index (χ2v) is 6.85. The lowest BCUT2D eigenvalue weighted by atomic mass is 10.1. The number of para-hydroxylation sites is 1. The second-order valence-electron chi connectivity index (χ2n) is 5.87. The molecule has 24 heavy (non-hydrogen) atoms. The fraction of sp³-hybridized carbons (Fsp3) is 0.333. The van der Waals surface area contributed by atoms with Crippen LogP contribution in [0.3, 0.4) is 0 Å². The molecule has 0 saturated carbocycles. The Labute approximate surface area is 145 Å². The third-order valence-electron chi connectivity index (χ3n) is 4.32. The molecule has 2 N–H and O–H groups in total. The van der Waals surface area contributed by atoms with Crippen LogP contribution in [-0.2, 0) is 9.53 Å². The number of anilines is 1. The van der Waals surface area contributed by atoms with Crippen LogP contribution < -0.4 is 5.73 Å². The van der Waals surface area contributed by atoms with Crippen molar-refractivity contribution < 1.29 is 14.3 Å². The van der Waals surface area contributed by atoms with Crippen LogP contribution in [0.1, 0.15) is 39.7 Å². The van der Waals surface area contributed by atoms with Crippen molar-refractivity contribution in [2.45, 2.75) is 25.8 Å². The summed E-state index contributed by atoms with van der Waals surface area (Å²) in [5.74, 6) is -0.720. The number of aryl methyl sites for hydroxylation is 1. The van der Waals surface area contributed by atoms with Gasteiger partial charge in [-0.1, -0.05) is 18.2 Å². The van der Waals surface area contributed by atoms with E-state index in [1.165, 1.54) is 4.88 Å². The maximum absolute atomic E-state index is 12.5. The summed E-state index contributed by atoms with van der Waals surface area (Å²) in [5, 5.41) is 2.01. The van der Waals surface area contributed by atoms with Crippen molar-refractivity contribution in [1.29, 1.82) is 0 Å². The van der Waals surface area contributed by atoms with Gasteiger partial charge < -0.3 is 15.4 Å². The van der Waals surface area contributed by atoms with Crippen LogP contribution in [0, 0.1) is 6.92 Å². The zero-order valence-electron chi connectivity index (χ0n) is 13.5. The molecule has 0 radical (unpaired) electrons. The highest BCUT2D eigenvalue weighted by Gasteiger charge is 2.31. The standard InChI is InChI=1S/C18H20N2O3S/c1-12-5-2-6-13(17(12)19)18(22)23-11-16(21)20-9-3-7-14(20)15-8-4-10-24-15/h2,4-6,8,10,14H,3,7,9,11,19H2,1H3. The molecule has 1 aliphatic rings. The smallest absolute Gasteiger partial charge is 0.340 e. The third kappa shape index (κ3) is 3.28. The van der Waals surface area contributed by atoms with Crippen LogP contribution in [0.15, 0.2) is 35.7 Å².